The average molecular weight is 359 g/mol. The molecule has 22 heavy (non-hydrogen) atoms. The molecule has 0 atom stereocenters. The summed E-state index contributed by atoms with van der Waals surface area (Å²) in [5, 5.41) is 19.6. The van der Waals surface area contributed by atoms with E-state index in [1.54, 1.807) is 12.1 Å². The van der Waals surface area contributed by atoms with Gasteiger partial charge in [-0.15, -0.1) is 0 Å². The van der Waals surface area contributed by atoms with E-state index in [2.05, 4.69) is 7.18 Å². The summed E-state index contributed by atoms with van der Waals surface area (Å²) >= 11 is 0.434. The Morgan fingerprint density at radius 3 is 1.59 bits per heavy atom. The van der Waals surface area contributed by atoms with Gasteiger partial charge in [-0.3, -0.25) is 0 Å². The van der Waals surface area contributed by atoms with Gasteiger partial charge in [0.15, 0.2) is 0 Å². The fourth-order valence-corrected chi connectivity index (χ4v) is 3.39. The predicted molar refractivity (Wildman–Crippen MR) is 76.8 cm³/mol. The van der Waals surface area contributed by atoms with Crippen molar-refractivity contribution in [2.75, 3.05) is 13.1 Å². The Morgan fingerprint density at radius 2 is 1.18 bits per heavy atom. The van der Waals surface area contributed by atoms with Gasteiger partial charge in [0.05, 0.1) is 0 Å². The molecule has 0 aromatic heterocycles. The summed E-state index contributed by atoms with van der Waals surface area (Å²) in [5.74, 6) is 0.595. The number of hydrogen-bond donors (Lipinski definition) is 2. The minimum absolute atomic E-state index is 0. The first-order valence-electron chi connectivity index (χ1n) is 6.67. The van der Waals surface area contributed by atoms with Crippen LogP contribution in [0, 0.1) is 0 Å². The van der Waals surface area contributed by atoms with Crippen LogP contribution in [0.5, 0.6) is 11.5 Å². The summed E-state index contributed by atoms with van der Waals surface area (Å²) in [6.07, 6.45) is 3.96. The monoisotopic (exact) mass is 358 g/mol. The minimum Gasteiger partial charge on any atom is -1.00 e. The molecule has 1 saturated heterocycles. The summed E-state index contributed by atoms with van der Waals surface area (Å²) in [6, 6.07) is 14.6. The number of phenolic OH excluding ortho intramolecular Hbond substituents is 2. The number of halogens is 1. The molecule has 0 bridgehead atoms. The normalized spacial score (nSPS) is 17.6. The third-order valence-corrected chi connectivity index (χ3v) is 4.59. The topological polar surface area (TPSA) is 46.5 Å². The molecule has 0 aliphatic carbocycles. The molecule has 1 aliphatic rings. The van der Waals surface area contributed by atoms with Crippen LogP contribution < -0.4 is 12.4 Å². The van der Waals surface area contributed by atoms with Crippen molar-refractivity contribution in [3.8, 4) is 11.5 Å². The van der Waals surface area contributed by atoms with Gasteiger partial charge in [0.25, 0.3) is 0 Å². The molecule has 6 heteroatoms. The molecule has 0 spiro atoms. The number of hydrogen-bond acceptors (Lipinski definition) is 2. The summed E-state index contributed by atoms with van der Waals surface area (Å²) in [6.45, 7) is 1.80. The van der Waals surface area contributed by atoms with Crippen molar-refractivity contribution < 1.29 is 45.2 Å². The summed E-state index contributed by atoms with van der Waals surface area (Å²) in [4.78, 5) is 0. The Kier molecular flexibility index (Phi) is 5.61. The number of rotatable bonds is 2. The molecular weight excluding hydrogens is 343 g/mol. The number of nitrogens with zero attached hydrogens (tertiary/aromatic N) is 2. The third-order valence-electron chi connectivity index (χ3n) is 3.15. The second kappa shape index (κ2) is 7.45. The Morgan fingerprint density at radius 1 is 0.773 bits per heavy atom. The largest absolute Gasteiger partial charge is 1.00 e. The molecule has 115 valence electrons. The molecule has 1 aliphatic heterocycles. The second-order valence-electron chi connectivity index (χ2n) is 4.70. The van der Waals surface area contributed by atoms with Crippen LogP contribution in [0.3, 0.4) is 0 Å². The van der Waals surface area contributed by atoms with Crippen LogP contribution in [0.2, 0.25) is 0 Å². The zero-order chi connectivity index (χ0) is 14.7. The van der Waals surface area contributed by atoms with E-state index in [-0.39, 0.29) is 12.4 Å². The van der Waals surface area contributed by atoms with Gasteiger partial charge in [-0.2, -0.15) is 0 Å². The number of benzene rings is 2. The zero-order valence-electron chi connectivity index (χ0n) is 11.7. The molecular formula is C16H16ClMnN2O2+. The Hall–Kier alpha value is -1.81. The minimum atomic E-state index is 0. The molecule has 2 aromatic rings. The molecule has 0 saturated carbocycles. The Bertz CT molecular complexity index is 670. The molecule has 1 heterocycles. The number of aromatic hydroxyl groups is 2. The predicted octanol–water partition coefficient (Wildman–Crippen LogP) is -1.41. The van der Waals surface area contributed by atoms with Crippen molar-refractivity contribution in [2.24, 2.45) is 0 Å². The maximum absolute atomic E-state index is 9.80. The van der Waals surface area contributed by atoms with Crippen molar-refractivity contribution in [3.63, 3.8) is 0 Å². The van der Waals surface area contributed by atoms with Crippen molar-refractivity contribution >= 4 is 12.4 Å². The molecule has 0 radical (unpaired) electrons. The number of para-hydroxylation sites is 2. The first-order chi connectivity index (χ1) is 10.2. The van der Waals surface area contributed by atoms with Crippen molar-refractivity contribution in [1.82, 2.24) is 0 Å². The standard InChI is InChI=1S/C16H16N2O2.ClH.Mn/c19-15-7-3-1-5-13(15)11-17-9-10-18-12-14-6-2-4-8-16(14)20;;/h1-8,11-12,19-20H,9-10H2;1H;/q;;+2/p-1. The quantitative estimate of drug-likeness (QED) is 0.648. The van der Waals surface area contributed by atoms with Crippen LogP contribution in [0.4, 0.5) is 0 Å². The van der Waals surface area contributed by atoms with E-state index in [9.17, 15) is 10.2 Å². The van der Waals surface area contributed by atoms with Gasteiger partial charge in [-0.05, 0) is 0 Å². The van der Waals surface area contributed by atoms with Gasteiger partial charge < -0.3 is 12.4 Å². The molecule has 3 rings (SSSR count). The first kappa shape index (κ1) is 16.6. The van der Waals surface area contributed by atoms with Crippen molar-refractivity contribution in [3.05, 3.63) is 59.7 Å². The van der Waals surface area contributed by atoms with E-state index in [1.165, 1.54) is 0 Å². The van der Waals surface area contributed by atoms with E-state index >= 15 is 0 Å². The summed E-state index contributed by atoms with van der Waals surface area (Å²) < 4.78 is 4.35. The van der Waals surface area contributed by atoms with Crippen molar-refractivity contribution in [1.29, 1.82) is 0 Å². The Labute approximate surface area is 142 Å². The van der Waals surface area contributed by atoms with Gasteiger partial charge in [-0.25, -0.2) is 0 Å². The van der Waals surface area contributed by atoms with Gasteiger partial charge in [0.1, 0.15) is 0 Å². The van der Waals surface area contributed by atoms with Crippen LogP contribution in [0.15, 0.2) is 48.5 Å². The van der Waals surface area contributed by atoms with E-state index in [4.69, 9.17) is 0 Å². The second-order valence-corrected chi connectivity index (χ2v) is 6.29. The van der Waals surface area contributed by atoms with E-state index in [1.807, 2.05) is 48.8 Å². The maximum atomic E-state index is 9.80. The maximum Gasteiger partial charge on any atom is -1.00 e. The first-order valence-corrected chi connectivity index (χ1v) is 7.72. The van der Waals surface area contributed by atoms with Crippen LogP contribution in [-0.2, 0) is 15.4 Å². The molecule has 2 N–H and O–H groups in total. The number of phenols is 2. The molecule has 1 fully saturated rings. The summed E-state index contributed by atoms with van der Waals surface area (Å²) in [7, 11) is 0. The fraction of sp³-hybridized carbons (Fsp3) is 0.125. The fourth-order valence-electron chi connectivity index (χ4n) is 2.06. The smallest absolute Gasteiger partial charge is 1.00 e. The Balaban J connectivity index is 0.00000176. The third kappa shape index (κ3) is 3.89. The van der Waals surface area contributed by atoms with Crippen LogP contribution >= 0.6 is 0 Å². The van der Waals surface area contributed by atoms with Crippen LogP contribution in [0.1, 0.15) is 11.1 Å². The van der Waals surface area contributed by atoms with Crippen molar-refractivity contribution in [2.45, 2.75) is 0 Å². The zero-order valence-corrected chi connectivity index (χ0v) is 13.7. The van der Waals surface area contributed by atoms with E-state index < -0.39 is 0 Å². The van der Waals surface area contributed by atoms with Crippen LogP contribution in [-0.4, -0.2) is 42.9 Å². The van der Waals surface area contributed by atoms with E-state index in [0.29, 0.717) is 26.9 Å². The molecule has 2 aromatic carbocycles. The molecule has 0 amide bonds. The summed E-state index contributed by atoms with van der Waals surface area (Å²) in [5.41, 5.74) is 1.66. The molecule has 0 unspecified atom stereocenters. The van der Waals surface area contributed by atoms with Gasteiger partial charge in [-0.1, -0.05) is 0 Å². The average Bonchev–Trinajstić information content (AvgIpc) is 2.91. The molecule has 4 nitrogen and oxygen atoms in total. The van der Waals surface area contributed by atoms with Gasteiger partial charge >= 0.3 is 129 Å². The van der Waals surface area contributed by atoms with Gasteiger partial charge in [0.2, 0.25) is 0 Å². The van der Waals surface area contributed by atoms with Crippen LogP contribution in [0.25, 0.3) is 0 Å². The van der Waals surface area contributed by atoms with Gasteiger partial charge in [0, 0.05) is 0 Å². The SMILES string of the molecule is Oc1ccccc1C=[N+]1CC[N+](=Cc2ccccc2O)[Mn]1.[Cl-]. The van der Waals surface area contributed by atoms with E-state index in [0.717, 1.165) is 24.2 Å².